The number of halogens is 3. The number of hydrogen-bond donors (Lipinski definition) is 1. The van der Waals surface area contributed by atoms with Crippen molar-refractivity contribution >= 4 is 17.0 Å². The van der Waals surface area contributed by atoms with Gasteiger partial charge in [0.15, 0.2) is 0 Å². The van der Waals surface area contributed by atoms with Gasteiger partial charge in [-0.3, -0.25) is 4.79 Å². The minimum atomic E-state index is -4.52. The highest BCUT2D eigenvalue weighted by Gasteiger charge is 2.42. The number of benzene rings is 1. The molecular weight excluding hydrogens is 355 g/mol. The molecule has 1 N–H and O–H groups in total. The van der Waals surface area contributed by atoms with E-state index in [1.54, 1.807) is 27.7 Å². The lowest BCUT2D eigenvalue weighted by atomic mass is 9.81. The topological polar surface area (TPSA) is 55.4 Å². The molecule has 1 aromatic carbocycles. The second-order valence-corrected chi connectivity index (χ2v) is 8.98. The first-order valence-electron chi connectivity index (χ1n) is 7.68. The minimum absolute atomic E-state index is 0.206. The van der Waals surface area contributed by atoms with Gasteiger partial charge >= 0.3 is 12.1 Å². The highest BCUT2D eigenvalue weighted by Crippen LogP contribution is 2.36. The Morgan fingerprint density at radius 3 is 2.12 bits per heavy atom. The Bertz CT molecular complexity index is 655. The van der Waals surface area contributed by atoms with E-state index in [9.17, 15) is 22.2 Å². The van der Waals surface area contributed by atoms with Crippen LogP contribution < -0.4 is 4.72 Å². The van der Waals surface area contributed by atoms with Gasteiger partial charge in [-0.05, 0) is 52.3 Å². The molecule has 142 valence electrons. The zero-order chi connectivity index (χ0) is 19.6. The smallest absolute Gasteiger partial charge is 0.416 e. The van der Waals surface area contributed by atoms with Crippen LogP contribution in [0.25, 0.3) is 0 Å². The van der Waals surface area contributed by atoms with Gasteiger partial charge in [-0.25, -0.2) is 8.93 Å². The van der Waals surface area contributed by atoms with Crippen LogP contribution in [0.2, 0.25) is 0 Å². The molecule has 0 aliphatic carbocycles. The van der Waals surface area contributed by atoms with Crippen molar-refractivity contribution in [2.45, 2.75) is 51.1 Å². The van der Waals surface area contributed by atoms with E-state index in [1.165, 1.54) is 26.2 Å². The molecule has 0 aliphatic heterocycles. The molecule has 25 heavy (non-hydrogen) atoms. The monoisotopic (exact) mass is 379 g/mol. The van der Waals surface area contributed by atoms with Crippen LogP contribution in [0.3, 0.4) is 0 Å². The van der Waals surface area contributed by atoms with Gasteiger partial charge in [0.1, 0.15) is 0 Å². The van der Waals surface area contributed by atoms with E-state index < -0.39 is 44.9 Å². The molecule has 1 aromatic rings. The van der Waals surface area contributed by atoms with Crippen LogP contribution in [0.15, 0.2) is 24.3 Å². The maximum Gasteiger partial charge on any atom is 0.416 e. The number of rotatable bonds is 5. The highest BCUT2D eigenvalue weighted by molar-refractivity contribution is 7.84. The Hall–Kier alpha value is -1.41. The van der Waals surface area contributed by atoms with E-state index in [4.69, 9.17) is 4.74 Å². The Kier molecular flexibility index (Phi) is 6.45. The van der Waals surface area contributed by atoms with Gasteiger partial charge < -0.3 is 4.74 Å². The quantitative estimate of drug-likeness (QED) is 0.792. The number of esters is 1. The summed E-state index contributed by atoms with van der Waals surface area (Å²) in [5, 5.41) is 0. The van der Waals surface area contributed by atoms with Crippen molar-refractivity contribution in [3.63, 3.8) is 0 Å². The molecule has 0 radical (unpaired) electrons. The molecule has 0 aliphatic rings. The summed E-state index contributed by atoms with van der Waals surface area (Å²) < 4.78 is 58.7. The van der Waals surface area contributed by atoms with E-state index in [2.05, 4.69) is 4.72 Å². The molecule has 4 nitrogen and oxygen atoms in total. The lowest BCUT2D eigenvalue weighted by Crippen LogP contribution is -2.52. The molecule has 0 fully saturated rings. The van der Waals surface area contributed by atoms with E-state index in [1.807, 2.05) is 0 Å². The van der Waals surface area contributed by atoms with Crippen LogP contribution >= 0.6 is 0 Å². The third-order valence-electron chi connectivity index (χ3n) is 4.07. The zero-order valence-electron chi connectivity index (χ0n) is 15.2. The number of carbonyl (C=O) groups excluding carboxylic acids is 1. The van der Waals surface area contributed by atoms with E-state index in [0.717, 1.165) is 12.1 Å². The van der Waals surface area contributed by atoms with Gasteiger partial charge in [-0.2, -0.15) is 13.2 Å². The van der Waals surface area contributed by atoms with Gasteiger partial charge in [-0.1, -0.05) is 12.1 Å². The first-order valence-corrected chi connectivity index (χ1v) is 8.83. The van der Waals surface area contributed by atoms with Crippen molar-refractivity contribution < 1.29 is 26.9 Å². The summed E-state index contributed by atoms with van der Waals surface area (Å²) in [4.78, 5) is 12.1. The van der Waals surface area contributed by atoms with Crippen LogP contribution in [0.1, 0.15) is 45.7 Å². The number of alkyl halides is 3. The van der Waals surface area contributed by atoms with Gasteiger partial charge in [-0.15, -0.1) is 0 Å². The first-order chi connectivity index (χ1) is 11.2. The van der Waals surface area contributed by atoms with Crippen molar-refractivity contribution in [3.05, 3.63) is 35.4 Å². The molecular formula is C17H24F3NO3S. The van der Waals surface area contributed by atoms with Crippen LogP contribution in [0, 0.1) is 5.92 Å². The van der Waals surface area contributed by atoms with Crippen LogP contribution in [-0.4, -0.2) is 22.0 Å². The average Bonchev–Trinajstić information content (AvgIpc) is 2.51. The number of nitrogens with one attached hydrogen (secondary N) is 1. The highest BCUT2D eigenvalue weighted by atomic mass is 32.2. The lowest BCUT2D eigenvalue weighted by molar-refractivity contribution is -0.147. The summed E-state index contributed by atoms with van der Waals surface area (Å²) >= 11 is 0. The molecule has 0 spiro atoms. The van der Waals surface area contributed by atoms with Crippen LogP contribution in [0.5, 0.6) is 0 Å². The second-order valence-electron chi connectivity index (χ2n) is 7.01. The predicted octanol–water partition coefficient (Wildman–Crippen LogP) is 3.78. The molecule has 0 saturated carbocycles. The molecule has 8 heteroatoms. The van der Waals surface area contributed by atoms with Crippen molar-refractivity contribution in [3.8, 4) is 0 Å². The third-order valence-corrected chi connectivity index (χ3v) is 5.79. The molecule has 3 unspecified atom stereocenters. The molecule has 0 bridgehead atoms. The maximum atomic E-state index is 13.1. The van der Waals surface area contributed by atoms with Crippen molar-refractivity contribution in [1.82, 2.24) is 4.72 Å². The summed E-state index contributed by atoms with van der Waals surface area (Å²) in [7, 11) is -0.413. The third kappa shape index (κ3) is 5.04. The van der Waals surface area contributed by atoms with Gasteiger partial charge in [0.25, 0.3) is 0 Å². The average molecular weight is 379 g/mol. The van der Waals surface area contributed by atoms with Crippen molar-refractivity contribution in [2.24, 2.45) is 5.92 Å². The minimum Gasteiger partial charge on any atom is -0.469 e. The van der Waals surface area contributed by atoms with Crippen LogP contribution in [-0.2, 0) is 32.2 Å². The predicted molar refractivity (Wildman–Crippen MR) is 91.0 cm³/mol. The number of carbonyl (C=O) groups is 1. The molecule has 0 aromatic heterocycles. The lowest BCUT2D eigenvalue weighted by Gasteiger charge is -2.37. The first kappa shape index (κ1) is 21.6. The standard InChI is InChI=1S/C17H24F3NO3S/c1-11(14(22)24-6)16(5,21-25(23)15(2,3)4)12-8-7-9-13(10-12)17(18,19)20/h7-11,21H,1-6H3. The van der Waals surface area contributed by atoms with Gasteiger partial charge in [0.05, 0.1) is 39.9 Å². The Morgan fingerprint density at radius 1 is 1.16 bits per heavy atom. The van der Waals surface area contributed by atoms with Gasteiger partial charge in [0, 0.05) is 0 Å². The fraction of sp³-hybridized carbons (Fsp3) is 0.588. The SMILES string of the molecule is COC(=O)C(C)C(C)(NS(=O)C(C)(C)C)c1cccc(C(F)(F)F)c1. The molecule has 3 atom stereocenters. The second kappa shape index (κ2) is 7.45. The summed E-state index contributed by atoms with van der Waals surface area (Å²) in [6.07, 6.45) is -4.52. The number of methoxy groups -OCH3 is 1. The molecule has 0 amide bonds. The number of ether oxygens (including phenoxy) is 1. The normalized spacial score (nSPS) is 17.5. The molecule has 1 rings (SSSR count). The summed E-state index contributed by atoms with van der Waals surface area (Å²) in [6.45, 7) is 8.26. The Balaban J connectivity index is 3.46. The van der Waals surface area contributed by atoms with Crippen molar-refractivity contribution in [2.75, 3.05) is 7.11 Å². The molecule has 0 heterocycles. The molecule has 0 saturated heterocycles. The fourth-order valence-corrected chi connectivity index (χ4v) is 3.16. The van der Waals surface area contributed by atoms with Crippen LogP contribution in [0.4, 0.5) is 13.2 Å². The zero-order valence-corrected chi connectivity index (χ0v) is 16.0. The number of hydrogen-bond acceptors (Lipinski definition) is 3. The largest absolute Gasteiger partial charge is 0.469 e. The summed E-state index contributed by atoms with van der Waals surface area (Å²) in [5.74, 6) is -1.48. The van der Waals surface area contributed by atoms with E-state index in [-0.39, 0.29) is 5.56 Å². The van der Waals surface area contributed by atoms with Crippen molar-refractivity contribution in [1.29, 1.82) is 0 Å². The Labute approximate surface area is 148 Å². The summed E-state index contributed by atoms with van der Waals surface area (Å²) in [6, 6.07) is 4.66. The fourth-order valence-electron chi connectivity index (χ4n) is 2.17. The Morgan fingerprint density at radius 2 is 1.68 bits per heavy atom. The summed E-state index contributed by atoms with van der Waals surface area (Å²) in [5.41, 5.74) is -1.94. The van der Waals surface area contributed by atoms with E-state index in [0.29, 0.717) is 0 Å². The maximum absolute atomic E-state index is 13.1. The van der Waals surface area contributed by atoms with E-state index >= 15 is 0 Å². The van der Waals surface area contributed by atoms with Gasteiger partial charge in [0.2, 0.25) is 0 Å².